The van der Waals surface area contributed by atoms with Crippen molar-refractivity contribution in [2.45, 2.75) is 6.61 Å². The lowest BCUT2D eigenvalue weighted by atomic mass is 10.1. The van der Waals surface area contributed by atoms with Crippen LogP contribution >= 0.6 is 50.7 Å². The predicted molar refractivity (Wildman–Crippen MR) is 99.2 cm³/mol. The number of aromatic nitrogens is 2. The summed E-state index contributed by atoms with van der Waals surface area (Å²) in [4.78, 5) is 11.5. The van der Waals surface area contributed by atoms with Gasteiger partial charge in [-0.25, -0.2) is 9.48 Å². The third-order valence-corrected chi connectivity index (χ3v) is 4.68. The number of hydrogen-bond donors (Lipinski definition) is 0. The second-order valence-electron chi connectivity index (χ2n) is 4.81. The maximum absolute atomic E-state index is 12.5. The van der Waals surface area contributed by atoms with Crippen molar-refractivity contribution in [2.75, 3.05) is 7.11 Å². The molecule has 0 bridgehead atoms. The van der Waals surface area contributed by atoms with Crippen molar-refractivity contribution in [3.8, 4) is 17.1 Å². The number of methoxy groups -OCH3 is 1. The monoisotopic (exact) mass is 488 g/mol. The number of benzene rings is 1. The summed E-state index contributed by atoms with van der Waals surface area (Å²) in [6.07, 6.45) is 1.42. The van der Waals surface area contributed by atoms with E-state index in [1.165, 1.54) is 32.4 Å². The van der Waals surface area contributed by atoms with Crippen LogP contribution in [0.1, 0.15) is 5.56 Å². The minimum atomic E-state index is -3.06. The second kappa shape index (κ2) is 8.56. The van der Waals surface area contributed by atoms with E-state index in [1.807, 2.05) is 0 Å². The van der Waals surface area contributed by atoms with Crippen LogP contribution in [0.2, 0.25) is 15.1 Å². The molecule has 0 fully saturated rings. The third kappa shape index (κ3) is 4.49. The Morgan fingerprint density at radius 2 is 1.96 bits per heavy atom. The minimum Gasteiger partial charge on any atom is -0.465 e. The van der Waals surface area contributed by atoms with E-state index in [2.05, 4.69) is 30.5 Å². The number of nitrogens with zero attached hydrogens (tertiary/aromatic N) is 2. The van der Waals surface area contributed by atoms with Crippen molar-refractivity contribution in [3.05, 3.63) is 37.2 Å². The van der Waals surface area contributed by atoms with E-state index in [1.54, 1.807) is 0 Å². The Labute approximate surface area is 170 Å². The normalized spacial score (nSPS) is 11.8. The van der Waals surface area contributed by atoms with Crippen LogP contribution in [-0.4, -0.2) is 29.5 Å². The maximum atomic E-state index is 12.5. The summed E-state index contributed by atoms with van der Waals surface area (Å²) in [6.45, 7) is -3.06. The number of carbonyl (C=O) groups is 1. The first kappa shape index (κ1) is 21.0. The van der Waals surface area contributed by atoms with Crippen molar-refractivity contribution in [2.24, 2.45) is 7.05 Å². The Bertz CT molecular complexity index is 888. The van der Waals surface area contributed by atoms with Gasteiger partial charge in [0.25, 0.3) is 0 Å². The summed E-state index contributed by atoms with van der Waals surface area (Å²) in [5.74, 6) is -0.920. The lowest BCUT2D eigenvalue weighted by Gasteiger charge is -2.07. The molecule has 0 atom stereocenters. The number of halogens is 6. The molecule has 26 heavy (non-hydrogen) atoms. The highest BCUT2D eigenvalue weighted by molar-refractivity contribution is 9.12. The van der Waals surface area contributed by atoms with Gasteiger partial charge in [0, 0.05) is 17.6 Å². The lowest BCUT2D eigenvalue weighted by Crippen LogP contribution is -2.06. The summed E-state index contributed by atoms with van der Waals surface area (Å²) in [5, 5.41) is 4.36. The molecule has 2 aromatic rings. The fourth-order valence-corrected chi connectivity index (χ4v) is 3.26. The minimum absolute atomic E-state index is 0.115. The van der Waals surface area contributed by atoms with Gasteiger partial charge < -0.3 is 9.47 Å². The molecular formula is C15H10BrCl3F2N2O3. The van der Waals surface area contributed by atoms with Crippen molar-refractivity contribution in [3.63, 3.8) is 0 Å². The number of alkyl halides is 2. The zero-order valence-electron chi connectivity index (χ0n) is 13.2. The number of aryl methyl sites for hydroxylation is 1. The van der Waals surface area contributed by atoms with E-state index in [4.69, 9.17) is 34.8 Å². The number of hydrogen-bond acceptors (Lipinski definition) is 4. The molecule has 0 spiro atoms. The van der Waals surface area contributed by atoms with Gasteiger partial charge in [0.15, 0.2) is 0 Å². The van der Waals surface area contributed by atoms with Crippen LogP contribution in [0.5, 0.6) is 5.88 Å². The van der Waals surface area contributed by atoms with Gasteiger partial charge in [0.1, 0.15) is 15.2 Å². The summed E-state index contributed by atoms with van der Waals surface area (Å²) in [5.41, 5.74) is 0.842. The first-order valence-electron chi connectivity index (χ1n) is 6.78. The molecule has 1 aromatic heterocycles. The fraction of sp³-hybridized carbons (Fsp3) is 0.200. The van der Waals surface area contributed by atoms with Gasteiger partial charge in [0.2, 0.25) is 5.88 Å². The maximum Gasteiger partial charge on any atom is 0.388 e. The van der Waals surface area contributed by atoms with E-state index in [0.717, 1.165) is 4.68 Å². The molecule has 0 unspecified atom stereocenters. The Balaban J connectivity index is 2.58. The molecule has 11 heteroatoms. The highest BCUT2D eigenvalue weighted by atomic mass is 79.9. The van der Waals surface area contributed by atoms with Crippen molar-refractivity contribution < 1.29 is 23.0 Å². The average molecular weight is 491 g/mol. The Kier molecular flexibility index (Phi) is 6.90. The van der Waals surface area contributed by atoms with Gasteiger partial charge in [-0.3, -0.25) is 0 Å². The van der Waals surface area contributed by atoms with Gasteiger partial charge in [-0.05, 0) is 39.7 Å². The summed E-state index contributed by atoms with van der Waals surface area (Å²) >= 11 is 21.5. The number of rotatable bonds is 5. The summed E-state index contributed by atoms with van der Waals surface area (Å²) in [7, 11) is 2.62. The SMILES string of the molecule is COC(=O)/C(Br)=C/c1cc(-c2nn(C)c(OC(F)F)c2Cl)c(Cl)cc1Cl. The van der Waals surface area contributed by atoms with E-state index in [9.17, 15) is 13.6 Å². The van der Waals surface area contributed by atoms with Crippen LogP contribution in [0, 0.1) is 0 Å². The van der Waals surface area contributed by atoms with Crippen molar-refractivity contribution in [1.82, 2.24) is 9.78 Å². The Morgan fingerprint density at radius 1 is 1.31 bits per heavy atom. The average Bonchev–Trinajstić information content (AvgIpc) is 2.84. The quantitative estimate of drug-likeness (QED) is 0.407. The molecule has 0 aliphatic rings. The molecular weight excluding hydrogens is 480 g/mol. The van der Waals surface area contributed by atoms with Crippen molar-refractivity contribution >= 4 is 62.8 Å². The Hall–Kier alpha value is -1.35. The topological polar surface area (TPSA) is 53.3 Å². The predicted octanol–water partition coefficient (Wildman–Crippen LogP) is 5.56. The molecule has 1 heterocycles. The van der Waals surface area contributed by atoms with Crippen LogP contribution in [0.15, 0.2) is 16.6 Å². The van der Waals surface area contributed by atoms with E-state index < -0.39 is 12.6 Å². The zero-order valence-corrected chi connectivity index (χ0v) is 17.1. The van der Waals surface area contributed by atoms with Crippen molar-refractivity contribution in [1.29, 1.82) is 0 Å². The van der Waals surface area contributed by atoms with E-state index in [-0.39, 0.29) is 31.1 Å². The van der Waals surface area contributed by atoms with E-state index >= 15 is 0 Å². The lowest BCUT2D eigenvalue weighted by molar-refractivity contribution is -0.135. The smallest absolute Gasteiger partial charge is 0.388 e. The molecule has 0 radical (unpaired) electrons. The van der Waals surface area contributed by atoms with Crippen LogP contribution in [0.3, 0.4) is 0 Å². The van der Waals surface area contributed by atoms with E-state index in [0.29, 0.717) is 11.1 Å². The number of ether oxygens (including phenoxy) is 2. The highest BCUT2D eigenvalue weighted by Crippen LogP contribution is 2.40. The van der Waals surface area contributed by atoms with Crippen LogP contribution < -0.4 is 4.74 Å². The van der Waals surface area contributed by atoms with Crippen LogP contribution in [-0.2, 0) is 16.6 Å². The highest BCUT2D eigenvalue weighted by Gasteiger charge is 2.22. The largest absolute Gasteiger partial charge is 0.465 e. The van der Waals surface area contributed by atoms with Gasteiger partial charge >= 0.3 is 12.6 Å². The number of esters is 1. The van der Waals surface area contributed by atoms with Crippen LogP contribution in [0.4, 0.5) is 8.78 Å². The third-order valence-electron chi connectivity index (χ3n) is 3.14. The molecule has 1 aromatic carbocycles. The molecule has 0 saturated heterocycles. The fourth-order valence-electron chi connectivity index (χ4n) is 2.02. The Morgan fingerprint density at radius 3 is 2.54 bits per heavy atom. The standard InChI is InChI=1S/C15H10BrCl3F2N2O3/c1-23-13(26-15(20)21)11(19)12(22-23)7-3-6(9(17)5-10(7)18)4-8(16)14(24)25-2/h3-5,15H,1-2H3/b8-4-. The second-order valence-corrected chi connectivity index (χ2v) is 6.85. The van der Waals surface area contributed by atoms with Gasteiger partial charge in [0.05, 0.1) is 12.1 Å². The zero-order chi connectivity index (χ0) is 19.6. The van der Waals surface area contributed by atoms with Crippen LogP contribution in [0.25, 0.3) is 17.3 Å². The van der Waals surface area contributed by atoms with Gasteiger partial charge in [-0.15, -0.1) is 0 Å². The number of carbonyl (C=O) groups excluding carboxylic acids is 1. The molecule has 0 aliphatic carbocycles. The van der Waals surface area contributed by atoms with Gasteiger partial charge in [-0.1, -0.05) is 34.8 Å². The first-order valence-corrected chi connectivity index (χ1v) is 8.70. The molecule has 0 N–H and O–H groups in total. The molecule has 140 valence electrons. The molecule has 0 amide bonds. The molecule has 2 rings (SSSR count). The summed E-state index contributed by atoms with van der Waals surface area (Å²) < 4.78 is 35.2. The first-order chi connectivity index (χ1) is 12.1. The summed E-state index contributed by atoms with van der Waals surface area (Å²) in [6, 6.07) is 2.93. The molecule has 5 nitrogen and oxygen atoms in total. The molecule has 0 aliphatic heterocycles. The molecule has 0 saturated carbocycles. The van der Waals surface area contributed by atoms with Gasteiger partial charge in [-0.2, -0.15) is 13.9 Å².